The van der Waals surface area contributed by atoms with Crippen molar-refractivity contribution in [2.24, 2.45) is 0 Å². The molecule has 1 aromatic rings. The van der Waals surface area contributed by atoms with E-state index < -0.39 is 7.14 Å². The molecule has 0 amide bonds. The molecule has 0 heterocycles. The summed E-state index contributed by atoms with van der Waals surface area (Å²) in [6.07, 6.45) is 2.01. The van der Waals surface area contributed by atoms with Gasteiger partial charge in [0.05, 0.1) is 0 Å². The van der Waals surface area contributed by atoms with Crippen molar-refractivity contribution in [2.45, 2.75) is 4.90 Å². The molecule has 0 saturated heterocycles. The van der Waals surface area contributed by atoms with E-state index in [-0.39, 0.29) is 0 Å². The van der Waals surface area contributed by atoms with Gasteiger partial charge >= 0.3 is 0 Å². The van der Waals surface area contributed by atoms with Gasteiger partial charge in [-0.2, -0.15) is 0 Å². The molecule has 0 spiro atoms. The zero-order valence-corrected chi connectivity index (χ0v) is 9.28. The van der Waals surface area contributed by atoms with Gasteiger partial charge in [-0.15, -0.1) is 11.8 Å². The van der Waals surface area contributed by atoms with Crippen LogP contribution < -0.4 is 5.30 Å². The van der Waals surface area contributed by atoms with E-state index in [1.165, 1.54) is 0 Å². The first-order valence-corrected chi connectivity index (χ1v) is 7.57. The first-order chi connectivity index (χ1) is 5.55. The van der Waals surface area contributed by atoms with E-state index in [2.05, 4.69) is 0 Å². The molecule has 0 radical (unpaired) electrons. The smallest absolute Gasteiger partial charge is 0.110 e. The highest BCUT2D eigenvalue weighted by Gasteiger charge is 2.14. The second-order valence-electron chi connectivity index (χ2n) is 3.02. The van der Waals surface area contributed by atoms with E-state index in [0.29, 0.717) is 0 Å². The molecular formula is C9H13OPS. The van der Waals surface area contributed by atoms with Gasteiger partial charge < -0.3 is 4.57 Å². The van der Waals surface area contributed by atoms with Crippen molar-refractivity contribution in [1.29, 1.82) is 0 Å². The van der Waals surface area contributed by atoms with Gasteiger partial charge in [-0.05, 0) is 25.7 Å². The lowest BCUT2D eigenvalue weighted by Crippen LogP contribution is -2.05. The Bertz CT molecular complexity index is 316. The molecule has 0 fully saturated rings. The molecule has 0 bridgehead atoms. The van der Waals surface area contributed by atoms with E-state index in [1.807, 2.05) is 43.9 Å². The highest BCUT2D eigenvalue weighted by atomic mass is 32.2. The summed E-state index contributed by atoms with van der Waals surface area (Å²) < 4.78 is 11.8. The van der Waals surface area contributed by atoms with Crippen LogP contribution >= 0.6 is 18.9 Å². The van der Waals surface area contributed by atoms with Crippen LogP contribution in [-0.4, -0.2) is 19.6 Å². The molecule has 0 aromatic heterocycles. The monoisotopic (exact) mass is 200 g/mol. The zero-order valence-electron chi connectivity index (χ0n) is 7.57. The van der Waals surface area contributed by atoms with Crippen LogP contribution in [0.4, 0.5) is 0 Å². The topological polar surface area (TPSA) is 17.1 Å². The standard InChI is InChI=1S/C9H13OPS/c1-11(2,10)8-6-4-5-7-9(8)12-3/h4-7H,1-3H3. The van der Waals surface area contributed by atoms with Crippen molar-refractivity contribution >= 4 is 24.2 Å². The Labute approximate surface area is 77.9 Å². The molecule has 0 aliphatic carbocycles. The lowest BCUT2D eigenvalue weighted by molar-refractivity contribution is 0.588. The summed E-state index contributed by atoms with van der Waals surface area (Å²) in [5.41, 5.74) is 0. The maximum Gasteiger partial charge on any atom is 0.110 e. The highest BCUT2D eigenvalue weighted by molar-refractivity contribution is 7.99. The summed E-state index contributed by atoms with van der Waals surface area (Å²) in [5.74, 6) is 0. The Balaban J connectivity index is 3.23. The Morgan fingerprint density at radius 1 is 1.25 bits per heavy atom. The van der Waals surface area contributed by atoms with Crippen LogP contribution in [0.1, 0.15) is 0 Å². The van der Waals surface area contributed by atoms with Gasteiger partial charge in [0.15, 0.2) is 0 Å². The van der Waals surface area contributed by atoms with Crippen molar-refractivity contribution in [1.82, 2.24) is 0 Å². The summed E-state index contributed by atoms with van der Waals surface area (Å²) >= 11 is 1.65. The van der Waals surface area contributed by atoms with Crippen LogP contribution in [0.2, 0.25) is 0 Å². The molecule has 1 aromatic carbocycles. The van der Waals surface area contributed by atoms with E-state index in [9.17, 15) is 4.57 Å². The van der Waals surface area contributed by atoms with Crippen LogP contribution in [0, 0.1) is 0 Å². The molecule has 12 heavy (non-hydrogen) atoms. The van der Waals surface area contributed by atoms with Crippen molar-refractivity contribution in [2.75, 3.05) is 19.6 Å². The van der Waals surface area contributed by atoms with Crippen LogP contribution in [0.5, 0.6) is 0 Å². The predicted molar refractivity (Wildman–Crippen MR) is 57.3 cm³/mol. The summed E-state index contributed by atoms with van der Waals surface area (Å²) in [6.45, 7) is 3.62. The predicted octanol–water partition coefficient (Wildman–Crippen LogP) is 2.66. The molecule has 1 nitrogen and oxygen atoms in total. The third-order valence-electron chi connectivity index (χ3n) is 1.67. The molecule has 0 unspecified atom stereocenters. The van der Waals surface area contributed by atoms with Gasteiger partial charge in [0.1, 0.15) is 7.14 Å². The van der Waals surface area contributed by atoms with Gasteiger partial charge in [-0.25, -0.2) is 0 Å². The number of hydrogen-bond acceptors (Lipinski definition) is 2. The lowest BCUT2D eigenvalue weighted by Gasteiger charge is -2.10. The average Bonchev–Trinajstić information content (AvgIpc) is 2.03. The summed E-state index contributed by atoms with van der Waals surface area (Å²) in [4.78, 5) is 1.13. The fraction of sp³-hybridized carbons (Fsp3) is 0.333. The Hall–Kier alpha value is -0.200. The van der Waals surface area contributed by atoms with E-state index >= 15 is 0 Å². The largest absolute Gasteiger partial charge is 0.319 e. The molecule has 0 aliphatic rings. The molecule has 66 valence electrons. The molecule has 0 aliphatic heterocycles. The molecule has 1 rings (SSSR count). The molecule has 0 atom stereocenters. The third-order valence-corrected chi connectivity index (χ3v) is 4.16. The maximum atomic E-state index is 11.8. The zero-order chi connectivity index (χ0) is 9.19. The van der Waals surface area contributed by atoms with Crippen LogP contribution in [-0.2, 0) is 4.57 Å². The van der Waals surface area contributed by atoms with Crippen LogP contribution in [0.3, 0.4) is 0 Å². The fourth-order valence-corrected chi connectivity index (χ4v) is 3.55. The second-order valence-corrected chi connectivity index (χ2v) is 7.05. The maximum absolute atomic E-state index is 11.8. The summed E-state index contributed by atoms with van der Waals surface area (Å²) in [6, 6.07) is 7.88. The normalized spacial score (nSPS) is 11.6. The van der Waals surface area contributed by atoms with Gasteiger partial charge in [-0.3, -0.25) is 0 Å². The number of benzene rings is 1. The van der Waals surface area contributed by atoms with Crippen LogP contribution in [0.25, 0.3) is 0 Å². The molecule has 0 N–H and O–H groups in total. The second kappa shape index (κ2) is 3.68. The minimum atomic E-state index is -2.09. The quantitative estimate of drug-likeness (QED) is 0.539. The average molecular weight is 200 g/mol. The minimum Gasteiger partial charge on any atom is -0.319 e. The van der Waals surface area contributed by atoms with Crippen molar-refractivity contribution in [3.8, 4) is 0 Å². The Kier molecular flexibility index (Phi) is 3.03. The third kappa shape index (κ3) is 2.15. The van der Waals surface area contributed by atoms with Crippen molar-refractivity contribution in [3.63, 3.8) is 0 Å². The molecular weight excluding hydrogens is 187 g/mol. The minimum absolute atomic E-state index is 0.998. The van der Waals surface area contributed by atoms with Gasteiger partial charge in [0.25, 0.3) is 0 Å². The van der Waals surface area contributed by atoms with E-state index in [1.54, 1.807) is 11.8 Å². The summed E-state index contributed by atoms with van der Waals surface area (Å²) in [5, 5.41) is 0.998. The van der Waals surface area contributed by atoms with Crippen LogP contribution in [0.15, 0.2) is 29.2 Å². The van der Waals surface area contributed by atoms with E-state index in [4.69, 9.17) is 0 Å². The Morgan fingerprint density at radius 3 is 2.25 bits per heavy atom. The lowest BCUT2D eigenvalue weighted by atomic mass is 10.4. The molecule has 3 heteroatoms. The van der Waals surface area contributed by atoms with E-state index in [0.717, 1.165) is 10.2 Å². The van der Waals surface area contributed by atoms with Gasteiger partial charge in [0.2, 0.25) is 0 Å². The highest BCUT2D eigenvalue weighted by Crippen LogP contribution is 2.37. The molecule has 0 saturated carbocycles. The number of thioether (sulfide) groups is 1. The summed E-state index contributed by atoms with van der Waals surface area (Å²) in [7, 11) is -2.09. The fourth-order valence-electron chi connectivity index (χ4n) is 1.07. The SMILES string of the molecule is CSc1ccccc1P(C)(C)=O. The first-order valence-electron chi connectivity index (χ1n) is 3.74. The number of rotatable bonds is 2. The number of hydrogen-bond donors (Lipinski definition) is 0. The van der Waals surface area contributed by atoms with Gasteiger partial charge in [0, 0.05) is 10.2 Å². The van der Waals surface area contributed by atoms with Crippen molar-refractivity contribution in [3.05, 3.63) is 24.3 Å². The Morgan fingerprint density at radius 2 is 1.83 bits per heavy atom. The first kappa shape index (κ1) is 9.88. The van der Waals surface area contributed by atoms with Gasteiger partial charge in [-0.1, -0.05) is 18.2 Å². The van der Waals surface area contributed by atoms with Crippen molar-refractivity contribution < 1.29 is 4.57 Å².